The van der Waals surface area contributed by atoms with Crippen LogP contribution in [0.2, 0.25) is 0 Å². The van der Waals surface area contributed by atoms with Crippen LogP contribution >= 0.6 is 0 Å². The van der Waals surface area contributed by atoms with Gasteiger partial charge < -0.3 is 10.2 Å². The van der Waals surface area contributed by atoms with E-state index in [1.165, 1.54) is 0 Å². The Bertz CT molecular complexity index is 831. The van der Waals surface area contributed by atoms with Crippen molar-refractivity contribution in [1.29, 1.82) is 0 Å². The lowest BCUT2D eigenvalue weighted by atomic mass is 9.82. The Labute approximate surface area is 162 Å². The molecule has 0 bridgehead atoms. The number of rotatable bonds is 4. The van der Waals surface area contributed by atoms with Crippen molar-refractivity contribution >= 4 is 17.4 Å². The van der Waals surface area contributed by atoms with E-state index in [1.807, 2.05) is 0 Å². The number of pyridine rings is 1. The molecule has 0 unspecified atom stereocenters. The van der Waals surface area contributed by atoms with E-state index in [0.717, 1.165) is 25.7 Å². The minimum Gasteiger partial charge on any atom is -0.349 e. The van der Waals surface area contributed by atoms with Crippen molar-refractivity contribution in [3.05, 3.63) is 24.5 Å². The molecule has 3 heterocycles. The van der Waals surface area contributed by atoms with Crippen molar-refractivity contribution in [2.24, 2.45) is 11.8 Å². The predicted octanol–water partition coefficient (Wildman–Crippen LogP) is 4.08. The average molecular weight is 389 g/mol. The summed E-state index contributed by atoms with van der Waals surface area (Å²) in [7, 11) is 0. The van der Waals surface area contributed by atoms with Crippen LogP contribution in [-0.4, -0.2) is 40.1 Å². The van der Waals surface area contributed by atoms with E-state index in [2.05, 4.69) is 27.4 Å². The molecule has 6 nitrogen and oxygen atoms in total. The Kier molecular flexibility index (Phi) is 5.03. The molecule has 1 amide bonds. The number of hydrogen-bond acceptors (Lipinski definition) is 4. The standard InChI is InChI=1S/C20H25F2N5O/c1-13-2-4-14(5-3-13)19(28)25-17-15(16-7-10-24-26-16)6-9-23-18(17)27-11-8-20(21,22)12-27/h6-7,9-10,13-14H,2-5,8,11-12H2,1H3,(H,24,26)(H,25,28). The van der Waals surface area contributed by atoms with Crippen LogP contribution in [0.4, 0.5) is 20.3 Å². The van der Waals surface area contributed by atoms with Crippen molar-refractivity contribution in [2.45, 2.75) is 45.0 Å². The molecule has 0 radical (unpaired) electrons. The summed E-state index contributed by atoms with van der Waals surface area (Å²) in [6.45, 7) is 2.02. The van der Waals surface area contributed by atoms with Crippen molar-refractivity contribution < 1.29 is 13.6 Å². The van der Waals surface area contributed by atoms with Gasteiger partial charge in [-0.05, 0) is 43.7 Å². The molecule has 1 aliphatic carbocycles. The smallest absolute Gasteiger partial charge is 0.266 e. The van der Waals surface area contributed by atoms with Gasteiger partial charge in [0.15, 0.2) is 5.82 Å². The van der Waals surface area contributed by atoms with Gasteiger partial charge in [-0.25, -0.2) is 13.8 Å². The van der Waals surface area contributed by atoms with Gasteiger partial charge in [-0.15, -0.1) is 0 Å². The first-order valence-electron chi connectivity index (χ1n) is 9.85. The predicted molar refractivity (Wildman–Crippen MR) is 103 cm³/mol. The minimum absolute atomic E-state index is 0.0566. The lowest BCUT2D eigenvalue weighted by molar-refractivity contribution is -0.121. The minimum atomic E-state index is -2.74. The van der Waals surface area contributed by atoms with Crippen LogP contribution < -0.4 is 10.2 Å². The van der Waals surface area contributed by atoms with Gasteiger partial charge in [0.05, 0.1) is 17.9 Å². The number of alkyl halides is 2. The van der Waals surface area contributed by atoms with Gasteiger partial charge in [0.25, 0.3) is 5.92 Å². The van der Waals surface area contributed by atoms with Crippen LogP contribution in [0, 0.1) is 11.8 Å². The number of amides is 1. The average Bonchev–Trinajstić information content (AvgIpc) is 3.32. The molecule has 28 heavy (non-hydrogen) atoms. The molecule has 2 aromatic heterocycles. The first kappa shape index (κ1) is 18.8. The van der Waals surface area contributed by atoms with Crippen LogP contribution in [0.5, 0.6) is 0 Å². The number of halogens is 2. The molecule has 150 valence electrons. The van der Waals surface area contributed by atoms with Gasteiger partial charge in [0, 0.05) is 36.8 Å². The molecule has 8 heteroatoms. The second-order valence-electron chi connectivity index (χ2n) is 8.00. The number of aromatic nitrogens is 3. The maximum atomic E-state index is 13.8. The summed E-state index contributed by atoms with van der Waals surface area (Å²) >= 11 is 0. The number of H-pyrrole nitrogens is 1. The number of nitrogens with zero attached hydrogens (tertiary/aromatic N) is 3. The van der Waals surface area contributed by atoms with Gasteiger partial charge >= 0.3 is 0 Å². The molecular formula is C20H25F2N5O. The van der Waals surface area contributed by atoms with E-state index >= 15 is 0 Å². The normalized spacial score (nSPS) is 24.3. The molecule has 1 aliphatic heterocycles. The monoisotopic (exact) mass is 389 g/mol. The summed E-state index contributed by atoms with van der Waals surface area (Å²) < 4.78 is 27.6. The molecule has 2 aromatic rings. The summed E-state index contributed by atoms with van der Waals surface area (Å²) in [5.74, 6) is -1.83. The third-order valence-corrected chi connectivity index (χ3v) is 5.83. The third-order valence-electron chi connectivity index (χ3n) is 5.83. The number of nitrogens with one attached hydrogen (secondary N) is 2. The zero-order chi connectivity index (χ0) is 19.7. The van der Waals surface area contributed by atoms with Crippen LogP contribution in [0.15, 0.2) is 24.5 Å². The van der Waals surface area contributed by atoms with E-state index < -0.39 is 12.5 Å². The zero-order valence-electron chi connectivity index (χ0n) is 15.9. The molecular weight excluding hydrogens is 364 g/mol. The largest absolute Gasteiger partial charge is 0.349 e. The molecule has 4 rings (SSSR count). The first-order chi connectivity index (χ1) is 13.4. The molecule has 2 N–H and O–H groups in total. The van der Waals surface area contributed by atoms with Gasteiger partial charge in [0.1, 0.15) is 0 Å². The Hall–Kier alpha value is -2.51. The summed E-state index contributed by atoms with van der Waals surface area (Å²) in [6.07, 6.45) is 6.76. The van der Waals surface area contributed by atoms with Gasteiger partial charge in [-0.1, -0.05) is 6.92 Å². The van der Waals surface area contributed by atoms with E-state index in [1.54, 1.807) is 29.4 Å². The van der Waals surface area contributed by atoms with Crippen molar-refractivity contribution in [3.8, 4) is 11.3 Å². The summed E-state index contributed by atoms with van der Waals surface area (Å²) in [5.41, 5.74) is 1.89. The van der Waals surface area contributed by atoms with Crippen LogP contribution in [0.25, 0.3) is 11.3 Å². The highest BCUT2D eigenvalue weighted by atomic mass is 19.3. The van der Waals surface area contributed by atoms with Crippen LogP contribution in [0.3, 0.4) is 0 Å². The van der Waals surface area contributed by atoms with Gasteiger partial charge in [-0.2, -0.15) is 5.10 Å². The van der Waals surface area contributed by atoms with Crippen LogP contribution in [0.1, 0.15) is 39.0 Å². The molecule has 2 aliphatic rings. The molecule has 1 saturated heterocycles. The highest BCUT2D eigenvalue weighted by Crippen LogP contribution is 2.39. The molecule has 1 saturated carbocycles. The summed E-state index contributed by atoms with van der Waals surface area (Å²) in [6, 6.07) is 3.55. The van der Waals surface area contributed by atoms with Crippen molar-refractivity contribution in [2.75, 3.05) is 23.3 Å². The Morgan fingerprint density at radius 1 is 1.25 bits per heavy atom. The fourth-order valence-corrected chi connectivity index (χ4v) is 4.11. The number of anilines is 2. The summed E-state index contributed by atoms with van der Waals surface area (Å²) in [5, 5.41) is 9.89. The van der Waals surface area contributed by atoms with E-state index in [9.17, 15) is 13.6 Å². The number of aromatic amines is 1. The lowest BCUT2D eigenvalue weighted by Gasteiger charge is -2.27. The fourth-order valence-electron chi connectivity index (χ4n) is 4.11. The van der Waals surface area contributed by atoms with E-state index in [-0.39, 0.29) is 24.8 Å². The molecule has 0 atom stereocenters. The second-order valence-corrected chi connectivity index (χ2v) is 8.00. The topological polar surface area (TPSA) is 73.9 Å². The second kappa shape index (κ2) is 7.48. The van der Waals surface area contributed by atoms with E-state index in [4.69, 9.17) is 0 Å². The fraction of sp³-hybridized carbons (Fsp3) is 0.550. The summed E-state index contributed by atoms with van der Waals surface area (Å²) in [4.78, 5) is 18.9. The van der Waals surface area contributed by atoms with Crippen LogP contribution in [-0.2, 0) is 4.79 Å². The Balaban J connectivity index is 1.66. The number of carbonyl (C=O) groups excluding carboxylic acids is 1. The van der Waals surface area contributed by atoms with Crippen molar-refractivity contribution in [3.63, 3.8) is 0 Å². The maximum Gasteiger partial charge on any atom is 0.266 e. The molecule has 0 spiro atoms. The maximum absolute atomic E-state index is 13.8. The Morgan fingerprint density at radius 3 is 2.68 bits per heavy atom. The lowest BCUT2D eigenvalue weighted by Crippen LogP contribution is -2.30. The number of hydrogen-bond donors (Lipinski definition) is 2. The highest BCUT2D eigenvalue weighted by molar-refractivity contribution is 6.00. The quantitative estimate of drug-likeness (QED) is 0.826. The zero-order valence-corrected chi connectivity index (χ0v) is 15.9. The number of carbonyl (C=O) groups is 1. The Morgan fingerprint density at radius 2 is 2.04 bits per heavy atom. The first-order valence-corrected chi connectivity index (χ1v) is 9.85. The molecule has 2 fully saturated rings. The highest BCUT2D eigenvalue weighted by Gasteiger charge is 2.40. The SMILES string of the molecule is CC1CCC(C(=O)Nc2c(-c3ccn[nH]3)ccnc2N2CCC(F)(F)C2)CC1. The van der Waals surface area contributed by atoms with Gasteiger partial charge in [0.2, 0.25) is 5.91 Å². The third kappa shape index (κ3) is 3.86. The molecule has 0 aromatic carbocycles. The van der Waals surface area contributed by atoms with Crippen molar-refractivity contribution in [1.82, 2.24) is 15.2 Å². The van der Waals surface area contributed by atoms with E-state index in [0.29, 0.717) is 28.7 Å². The van der Waals surface area contributed by atoms with Gasteiger partial charge in [-0.3, -0.25) is 9.89 Å².